The lowest BCUT2D eigenvalue weighted by atomic mass is 9.85. The van der Waals surface area contributed by atoms with Crippen molar-refractivity contribution < 1.29 is 32.2 Å². The van der Waals surface area contributed by atoms with Crippen LogP contribution in [0.3, 0.4) is 0 Å². The molecular formula is C30H23ClF3IN2O4. The molecule has 1 amide bonds. The fourth-order valence-corrected chi connectivity index (χ4v) is 6.50. The van der Waals surface area contributed by atoms with E-state index in [0.29, 0.717) is 36.4 Å². The normalized spacial score (nSPS) is 15.2. The van der Waals surface area contributed by atoms with E-state index in [4.69, 9.17) is 21.1 Å². The number of carbonyl (C=O) groups is 2. The van der Waals surface area contributed by atoms with Crippen molar-refractivity contribution in [2.45, 2.75) is 25.9 Å². The first-order valence-corrected chi connectivity index (χ1v) is 14.1. The number of halogens is 5. The van der Waals surface area contributed by atoms with E-state index in [1.54, 1.807) is 56.3 Å². The highest BCUT2D eigenvalue weighted by molar-refractivity contribution is 14.1. The third-order valence-electron chi connectivity index (χ3n) is 6.68. The van der Waals surface area contributed by atoms with Crippen LogP contribution in [-0.2, 0) is 15.7 Å². The second kappa shape index (κ2) is 11.4. The summed E-state index contributed by atoms with van der Waals surface area (Å²) in [5.41, 5.74) is 1.10. The molecule has 2 heterocycles. The second-order valence-corrected chi connectivity index (χ2v) is 10.6. The SMILES string of the molecule is CCOC(=O)N1C(c2ccccc2)=C(I)C(c2ccccc2Cl)c2c1n(C(=O)OCC)c1cc(C(F)(F)F)ccc21. The minimum atomic E-state index is -4.68. The molecular weight excluding hydrogens is 672 g/mol. The lowest BCUT2D eigenvalue weighted by Gasteiger charge is -2.35. The summed E-state index contributed by atoms with van der Waals surface area (Å²) in [5, 5.41) is 0.750. The summed E-state index contributed by atoms with van der Waals surface area (Å²) in [4.78, 5) is 28.5. The molecule has 6 nitrogen and oxygen atoms in total. The zero-order valence-corrected chi connectivity index (χ0v) is 24.8. The molecule has 0 radical (unpaired) electrons. The molecule has 1 unspecified atom stereocenters. The molecule has 1 atom stereocenters. The first-order chi connectivity index (χ1) is 19.6. The zero-order valence-electron chi connectivity index (χ0n) is 21.8. The Kier molecular flexibility index (Phi) is 8.06. The van der Waals surface area contributed by atoms with Crippen molar-refractivity contribution in [3.63, 3.8) is 0 Å². The van der Waals surface area contributed by atoms with Crippen LogP contribution in [0.25, 0.3) is 16.6 Å². The van der Waals surface area contributed by atoms with Gasteiger partial charge in [0.15, 0.2) is 0 Å². The molecule has 0 bridgehead atoms. The van der Waals surface area contributed by atoms with Crippen molar-refractivity contribution in [1.29, 1.82) is 0 Å². The predicted octanol–water partition coefficient (Wildman–Crippen LogP) is 9.23. The fraction of sp³-hybridized carbons (Fsp3) is 0.200. The molecule has 0 saturated carbocycles. The van der Waals surface area contributed by atoms with Gasteiger partial charge in [0.1, 0.15) is 5.82 Å². The van der Waals surface area contributed by atoms with Crippen LogP contribution >= 0.6 is 34.2 Å². The Balaban J connectivity index is 1.99. The Morgan fingerprint density at radius 2 is 1.56 bits per heavy atom. The third kappa shape index (κ3) is 5.07. The van der Waals surface area contributed by atoms with Crippen molar-refractivity contribution in [2.24, 2.45) is 0 Å². The Bertz CT molecular complexity index is 1680. The quantitative estimate of drug-likeness (QED) is 0.200. The van der Waals surface area contributed by atoms with Gasteiger partial charge in [0.25, 0.3) is 0 Å². The molecule has 41 heavy (non-hydrogen) atoms. The Hall–Kier alpha value is -3.51. The topological polar surface area (TPSA) is 60.8 Å². The van der Waals surface area contributed by atoms with E-state index in [1.165, 1.54) is 11.0 Å². The Labute approximate surface area is 252 Å². The maximum absolute atomic E-state index is 13.9. The standard InChI is InChI=1S/C30H23ClF3IN2O4/c1-3-40-28(38)36-22-16-18(30(32,33)34)14-15-20(22)24-23(19-12-8-9-13-21(19)31)25(35)26(17-10-6-5-7-11-17)37(27(24)36)29(39)41-4-2/h5-16,23H,3-4H2,1-2H3. The molecule has 5 rings (SSSR count). The maximum atomic E-state index is 13.9. The van der Waals surface area contributed by atoms with Gasteiger partial charge in [-0.25, -0.2) is 19.1 Å². The number of nitrogens with zero attached hydrogens (tertiary/aromatic N) is 2. The van der Waals surface area contributed by atoms with Crippen molar-refractivity contribution in [3.8, 4) is 0 Å². The predicted molar refractivity (Wildman–Crippen MR) is 160 cm³/mol. The van der Waals surface area contributed by atoms with Gasteiger partial charge in [-0.3, -0.25) is 0 Å². The van der Waals surface area contributed by atoms with Crippen LogP contribution in [0.2, 0.25) is 5.02 Å². The summed E-state index contributed by atoms with van der Waals surface area (Å²) >= 11 is 8.85. The molecule has 1 aliphatic heterocycles. The van der Waals surface area contributed by atoms with Gasteiger partial charge in [0, 0.05) is 25.5 Å². The number of carbonyl (C=O) groups excluding carboxylic acids is 2. The van der Waals surface area contributed by atoms with Gasteiger partial charge in [-0.05, 0) is 65.8 Å². The van der Waals surface area contributed by atoms with Crippen LogP contribution in [0.5, 0.6) is 0 Å². The first-order valence-electron chi connectivity index (χ1n) is 12.7. The van der Waals surface area contributed by atoms with E-state index in [1.807, 2.05) is 12.1 Å². The smallest absolute Gasteiger partial charge is 0.420 e. The molecule has 4 aromatic rings. The number of benzene rings is 3. The molecule has 0 fully saturated rings. The van der Waals surface area contributed by atoms with Crippen molar-refractivity contribution in [1.82, 2.24) is 4.57 Å². The fourth-order valence-electron chi connectivity index (χ4n) is 5.06. The van der Waals surface area contributed by atoms with Gasteiger partial charge in [-0.15, -0.1) is 0 Å². The maximum Gasteiger partial charge on any atom is 0.420 e. The number of hydrogen-bond donors (Lipinski definition) is 0. The van der Waals surface area contributed by atoms with Crippen LogP contribution in [0.4, 0.5) is 28.6 Å². The average Bonchev–Trinajstić information content (AvgIpc) is 3.27. The number of ether oxygens (including phenoxy) is 2. The summed E-state index contributed by atoms with van der Waals surface area (Å²) in [7, 11) is 0. The van der Waals surface area contributed by atoms with E-state index in [9.17, 15) is 22.8 Å². The van der Waals surface area contributed by atoms with Gasteiger partial charge in [0.2, 0.25) is 0 Å². The van der Waals surface area contributed by atoms with Gasteiger partial charge >= 0.3 is 18.4 Å². The summed E-state index contributed by atoms with van der Waals surface area (Å²) < 4.78 is 54.1. The van der Waals surface area contributed by atoms with E-state index in [-0.39, 0.29) is 24.5 Å². The lowest BCUT2D eigenvalue weighted by molar-refractivity contribution is -0.137. The first kappa shape index (κ1) is 29.0. The number of rotatable bonds is 4. The highest BCUT2D eigenvalue weighted by Crippen LogP contribution is 2.55. The molecule has 1 aromatic heterocycles. The van der Waals surface area contributed by atoms with Crippen LogP contribution in [0.1, 0.15) is 42.0 Å². The number of allylic oxidation sites excluding steroid dienone is 1. The van der Waals surface area contributed by atoms with E-state index in [0.717, 1.165) is 16.7 Å². The second-order valence-electron chi connectivity index (χ2n) is 9.05. The summed E-state index contributed by atoms with van der Waals surface area (Å²) in [5.74, 6) is -0.615. The molecule has 0 aliphatic carbocycles. The summed E-state index contributed by atoms with van der Waals surface area (Å²) in [6.07, 6.45) is -6.41. The van der Waals surface area contributed by atoms with E-state index >= 15 is 0 Å². The molecule has 11 heteroatoms. The molecule has 0 spiro atoms. The number of amides is 1. The summed E-state index contributed by atoms with van der Waals surface area (Å²) in [6, 6.07) is 19.3. The molecule has 0 N–H and O–H groups in total. The van der Waals surface area contributed by atoms with Crippen LogP contribution < -0.4 is 4.90 Å². The number of alkyl halides is 3. The molecule has 1 aliphatic rings. The van der Waals surface area contributed by atoms with Gasteiger partial charge in [0.05, 0.1) is 30.0 Å². The monoisotopic (exact) mass is 694 g/mol. The number of anilines is 1. The highest BCUT2D eigenvalue weighted by atomic mass is 127. The highest BCUT2D eigenvalue weighted by Gasteiger charge is 2.44. The Morgan fingerprint density at radius 3 is 2.20 bits per heavy atom. The average molecular weight is 695 g/mol. The van der Waals surface area contributed by atoms with E-state index < -0.39 is 29.8 Å². The Morgan fingerprint density at radius 1 is 0.927 bits per heavy atom. The number of fused-ring (bicyclic) bond motifs is 3. The van der Waals surface area contributed by atoms with Gasteiger partial charge in [-0.2, -0.15) is 13.2 Å². The third-order valence-corrected chi connectivity index (χ3v) is 8.15. The molecule has 212 valence electrons. The van der Waals surface area contributed by atoms with Crippen LogP contribution in [0.15, 0.2) is 76.4 Å². The minimum Gasteiger partial charge on any atom is -0.449 e. The minimum absolute atomic E-state index is 0.0229. The van der Waals surface area contributed by atoms with Crippen LogP contribution in [0, 0.1) is 0 Å². The van der Waals surface area contributed by atoms with E-state index in [2.05, 4.69) is 22.6 Å². The van der Waals surface area contributed by atoms with Crippen molar-refractivity contribution in [2.75, 3.05) is 18.1 Å². The number of hydrogen-bond acceptors (Lipinski definition) is 4. The molecule has 0 saturated heterocycles. The summed E-state index contributed by atoms with van der Waals surface area (Å²) in [6.45, 7) is 3.21. The number of aromatic nitrogens is 1. The van der Waals surface area contributed by atoms with Crippen molar-refractivity contribution in [3.05, 3.63) is 104 Å². The van der Waals surface area contributed by atoms with Gasteiger partial charge < -0.3 is 9.47 Å². The van der Waals surface area contributed by atoms with Crippen molar-refractivity contribution >= 4 is 68.8 Å². The largest absolute Gasteiger partial charge is 0.449 e. The lowest BCUT2D eigenvalue weighted by Crippen LogP contribution is -2.37. The zero-order chi connectivity index (χ0) is 29.5. The van der Waals surface area contributed by atoms with Crippen LogP contribution in [-0.4, -0.2) is 30.0 Å². The van der Waals surface area contributed by atoms with Gasteiger partial charge in [-0.1, -0.05) is 66.2 Å². The molecule has 3 aromatic carbocycles.